The third-order valence-electron chi connectivity index (χ3n) is 5.09. The summed E-state index contributed by atoms with van der Waals surface area (Å²) in [7, 11) is 0. The second-order valence-electron chi connectivity index (χ2n) is 7.23. The van der Waals surface area contributed by atoms with Crippen molar-refractivity contribution in [3.05, 3.63) is 30.1 Å². The first-order valence-electron chi connectivity index (χ1n) is 9.12. The number of primary amides is 1. The van der Waals surface area contributed by atoms with Crippen molar-refractivity contribution in [2.75, 3.05) is 5.01 Å². The van der Waals surface area contributed by atoms with Crippen LogP contribution in [0.25, 0.3) is 0 Å². The molecule has 1 aromatic carbocycles. The maximum atomic E-state index is 13.2. The number of nitrogens with zero attached hydrogens (tertiary/aromatic N) is 3. The van der Waals surface area contributed by atoms with Gasteiger partial charge in [-0.2, -0.15) is 5.10 Å². The average molecular weight is 360 g/mol. The molecule has 1 fully saturated rings. The number of carbonyl (C=O) groups is 2. The maximum Gasteiger partial charge on any atom is 0.270 e. The van der Waals surface area contributed by atoms with Crippen LogP contribution in [-0.2, 0) is 9.59 Å². The number of carbonyl (C=O) groups excluding carboxylic acids is 2. The van der Waals surface area contributed by atoms with E-state index in [1.54, 1.807) is 0 Å². The van der Waals surface area contributed by atoms with E-state index in [1.807, 2.05) is 18.7 Å². The molecule has 1 aromatic rings. The number of hydrazone groups is 1. The third kappa shape index (κ3) is 3.57. The average Bonchev–Trinajstić information content (AvgIpc) is 3.25. The Hall–Kier alpha value is -2.44. The Labute approximate surface area is 152 Å². The summed E-state index contributed by atoms with van der Waals surface area (Å²) in [5.41, 5.74) is 6.39. The highest BCUT2D eigenvalue weighted by Crippen LogP contribution is 2.29. The fourth-order valence-electron chi connectivity index (χ4n) is 3.85. The Kier molecular flexibility index (Phi) is 5.25. The lowest BCUT2D eigenvalue weighted by Crippen LogP contribution is -2.47. The van der Waals surface area contributed by atoms with E-state index in [-0.39, 0.29) is 30.2 Å². The number of rotatable bonds is 5. The van der Waals surface area contributed by atoms with Crippen LogP contribution in [0, 0.1) is 5.82 Å². The molecule has 0 saturated heterocycles. The summed E-state index contributed by atoms with van der Waals surface area (Å²) in [6.07, 6.45) is 4.41. The fourth-order valence-corrected chi connectivity index (χ4v) is 3.85. The summed E-state index contributed by atoms with van der Waals surface area (Å²) >= 11 is 0. The van der Waals surface area contributed by atoms with Crippen LogP contribution in [0.15, 0.2) is 29.4 Å². The van der Waals surface area contributed by atoms with Crippen LogP contribution < -0.4 is 10.7 Å². The van der Waals surface area contributed by atoms with Crippen molar-refractivity contribution in [2.45, 2.75) is 64.1 Å². The Morgan fingerprint density at radius 1 is 1.23 bits per heavy atom. The fraction of sp³-hybridized carbons (Fsp3) is 0.526. The molecule has 2 aliphatic rings. The molecule has 1 heterocycles. The van der Waals surface area contributed by atoms with E-state index in [0.717, 1.165) is 25.7 Å². The molecule has 7 heteroatoms. The smallest absolute Gasteiger partial charge is 0.270 e. The first kappa shape index (κ1) is 18.4. The highest BCUT2D eigenvalue weighted by atomic mass is 19.1. The normalized spacial score (nSPS) is 20.5. The van der Waals surface area contributed by atoms with Gasteiger partial charge in [0, 0.05) is 18.5 Å². The quantitative estimate of drug-likeness (QED) is 0.876. The maximum absolute atomic E-state index is 13.2. The molecule has 0 spiro atoms. The van der Waals surface area contributed by atoms with Crippen LogP contribution >= 0.6 is 0 Å². The van der Waals surface area contributed by atoms with Crippen molar-refractivity contribution in [1.82, 2.24) is 4.90 Å². The number of benzene rings is 1. The van der Waals surface area contributed by atoms with Crippen LogP contribution in [0.1, 0.15) is 46.0 Å². The van der Waals surface area contributed by atoms with Gasteiger partial charge < -0.3 is 10.6 Å². The van der Waals surface area contributed by atoms with Crippen LogP contribution in [-0.4, -0.2) is 40.6 Å². The van der Waals surface area contributed by atoms with E-state index >= 15 is 0 Å². The summed E-state index contributed by atoms with van der Waals surface area (Å²) in [6, 6.07) is 5.18. The van der Waals surface area contributed by atoms with Crippen molar-refractivity contribution < 1.29 is 14.0 Å². The topological polar surface area (TPSA) is 79.0 Å². The van der Waals surface area contributed by atoms with Gasteiger partial charge in [0.2, 0.25) is 5.91 Å². The van der Waals surface area contributed by atoms with E-state index in [0.29, 0.717) is 11.4 Å². The summed E-state index contributed by atoms with van der Waals surface area (Å²) in [6.45, 7) is 3.99. The van der Waals surface area contributed by atoms with Crippen LogP contribution in [0.4, 0.5) is 10.1 Å². The predicted octanol–water partition coefficient (Wildman–Crippen LogP) is 2.43. The molecule has 140 valence electrons. The molecule has 2 amide bonds. The van der Waals surface area contributed by atoms with E-state index < -0.39 is 11.9 Å². The van der Waals surface area contributed by atoms with E-state index in [9.17, 15) is 14.0 Å². The van der Waals surface area contributed by atoms with Gasteiger partial charge in [-0.25, -0.2) is 4.39 Å². The number of hydrogen-bond acceptors (Lipinski definition) is 4. The van der Waals surface area contributed by atoms with Gasteiger partial charge >= 0.3 is 0 Å². The molecule has 1 saturated carbocycles. The largest absolute Gasteiger partial charge is 0.368 e. The van der Waals surface area contributed by atoms with E-state index in [4.69, 9.17) is 5.73 Å². The standard InChI is InChI=1S/C19H25FN4O2/c1-12(2)23(14-5-3-4-6-14)19(26)16-11-17(18(21)25)24(22-16)15-9-7-13(20)8-10-15/h7-10,12,14,17H,3-6,11H2,1-2H3,(H2,21,25). The van der Waals surface area contributed by atoms with Crippen molar-refractivity contribution in [3.63, 3.8) is 0 Å². The third-order valence-corrected chi connectivity index (χ3v) is 5.09. The first-order valence-corrected chi connectivity index (χ1v) is 9.12. The number of halogens is 1. The van der Waals surface area contributed by atoms with E-state index in [2.05, 4.69) is 5.10 Å². The molecule has 6 nitrogen and oxygen atoms in total. The molecule has 0 radical (unpaired) electrons. The lowest BCUT2D eigenvalue weighted by molar-refractivity contribution is -0.128. The summed E-state index contributed by atoms with van der Waals surface area (Å²) in [4.78, 5) is 26.9. The second kappa shape index (κ2) is 7.43. The number of anilines is 1. The Morgan fingerprint density at radius 2 is 1.85 bits per heavy atom. The number of hydrogen-bond donors (Lipinski definition) is 1. The van der Waals surface area contributed by atoms with Gasteiger partial charge in [0.25, 0.3) is 5.91 Å². The van der Waals surface area contributed by atoms with Crippen LogP contribution in [0.2, 0.25) is 0 Å². The van der Waals surface area contributed by atoms with Crippen molar-refractivity contribution in [2.24, 2.45) is 10.8 Å². The molecule has 26 heavy (non-hydrogen) atoms. The Bertz CT molecular complexity index is 711. The van der Waals surface area contributed by atoms with Crippen molar-refractivity contribution >= 4 is 23.2 Å². The molecule has 0 bridgehead atoms. The van der Waals surface area contributed by atoms with Crippen LogP contribution in [0.3, 0.4) is 0 Å². The van der Waals surface area contributed by atoms with Gasteiger partial charge in [0.1, 0.15) is 17.6 Å². The lowest BCUT2D eigenvalue weighted by Gasteiger charge is -2.32. The second-order valence-corrected chi connectivity index (χ2v) is 7.23. The Morgan fingerprint density at radius 3 is 2.38 bits per heavy atom. The molecular weight excluding hydrogens is 335 g/mol. The van der Waals surface area contributed by atoms with Gasteiger partial charge in [-0.1, -0.05) is 12.8 Å². The highest BCUT2D eigenvalue weighted by Gasteiger charge is 2.39. The SMILES string of the molecule is CC(C)N(C(=O)C1=NN(c2ccc(F)cc2)C(C(N)=O)C1)C1CCCC1. The van der Waals surface area contributed by atoms with Crippen LogP contribution in [0.5, 0.6) is 0 Å². The summed E-state index contributed by atoms with van der Waals surface area (Å²) in [5, 5.41) is 5.83. The van der Waals surface area contributed by atoms with Gasteiger partial charge in [-0.3, -0.25) is 14.6 Å². The molecular formula is C19H25FN4O2. The number of amides is 2. The molecule has 3 rings (SSSR count). The zero-order valence-corrected chi connectivity index (χ0v) is 15.2. The van der Waals surface area contributed by atoms with Crippen molar-refractivity contribution in [1.29, 1.82) is 0 Å². The van der Waals surface area contributed by atoms with Crippen molar-refractivity contribution in [3.8, 4) is 0 Å². The monoisotopic (exact) mass is 360 g/mol. The highest BCUT2D eigenvalue weighted by molar-refractivity contribution is 6.40. The van der Waals surface area contributed by atoms with Gasteiger partial charge in [0.05, 0.1) is 5.69 Å². The van der Waals surface area contributed by atoms with Gasteiger partial charge in [0.15, 0.2) is 0 Å². The molecule has 1 aliphatic heterocycles. The van der Waals surface area contributed by atoms with E-state index in [1.165, 1.54) is 29.3 Å². The molecule has 2 N–H and O–H groups in total. The minimum Gasteiger partial charge on any atom is -0.368 e. The zero-order valence-electron chi connectivity index (χ0n) is 15.2. The minimum atomic E-state index is -0.739. The Balaban J connectivity index is 1.88. The number of nitrogens with two attached hydrogens (primary N) is 1. The minimum absolute atomic E-state index is 0.0557. The summed E-state index contributed by atoms with van der Waals surface area (Å²) in [5.74, 6) is -1.07. The molecule has 1 unspecified atom stereocenters. The molecule has 0 aromatic heterocycles. The predicted molar refractivity (Wildman–Crippen MR) is 98.2 cm³/mol. The first-order chi connectivity index (χ1) is 12.4. The molecule has 1 atom stereocenters. The summed E-state index contributed by atoms with van der Waals surface area (Å²) < 4.78 is 13.2. The zero-order chi connectivity index (χ0) is 18.8. The lowest BCUT2D eigenvalue weighted by atomic mass is 10.1. The molecule has 1 aliphatic carbocycles. The van der Waals surface area contributed by atoms with Gasteiger partial charge in [-0.05, 0) is 51.0 Å². The van der Waals surface area contributed by atoms with Gasteiger partial charge in [-0.15, -0.1) is 0 Å².